The molecule has 130 valence electrons. The zero-order valence-electron chi connectivity index (χ0n) is 13.1. The molecule has 0 bridgehead atoms. The molecule has 0 saturated heterocycles. The van der Waals surface area contributed by atoms with Gasteiger partial charge in [-0.2, -0.15) is 13.2 Å². The normalized spacial score (nSPS) is 12.7. The first kappa shape index (κ1) is 19.2. The molecule has 0 fully saturated rings. The average molecular weight is 334 g/mol. The highest BCUT2D eigenvalue weighted by Gasteiger charge is 2.34. The van der Waals surface area contributed by atoms with Gasteiger partial charge in [-0.25, -0.2) is 0 Å². The highest BCUT2D eigenvalue weighted by molar-refractivity contribution is 5.78. The summed E-state index contributed by atoms with van der Waals surface area (Å²) in [5.41, 5.74) is -0.834. The summed E-state index contributed by atoms with van der Waals surface area (Å²) < 4.78 is 48.5. The first-order chi connectivity index (χ1) is 10.8. The van der Waals surface area contributed by atoms with Crippen LogP contribution in [0.15, 0.2) is 24.3 Å². The molecule has 0 heterocycles. The lowest BCUT2D eigenvalue weighted by molar-refractivity contribution is -0.139. The fraction of sp³-hybridized carbons (Fsp3) is 0.533. The third-order valence-electron chi connectivity index (χ3n) is 2.86. The first-order valence-corrected chi connectivity index (χ1v) is 7.12. The Balaban J connectivity index is 2.42. The van der Waals surface area contributed by atoms with Gasteiger partial charge in [-0.15, -0.1) is 0 Å². The number of nitrogens with one attached hydrogen (secondary N) is 2. The van der Waals surface area contributed by atoms with Crippen LogP contribution >= 0.6 is 0 Å². The maximum absolute atomic E-state index is 12.8. The van der Waals surface area contributed by atoms with Crippen molar-refractivity contribution in [1.82, 2.24) is 10.6 Å². The summed E-state index contributed by atoms with van der Waals surface area (Å²) in [5, 5.41) is 5.50. The minimum atomic E-state index is -4.48. The van der Waals surface area contributed by atoms with Crippen LogP contribution in [0.3, 0.4) is 0 Å². The van der Waals surface area contributed by atoms with Crippen LogP contribution in [0, 0.1) is 0 Å². The van der Waals surface area contributed by atoms with Crippen LogP contribution in [0.2, 0.25) is 0 Å². The molecule has 23 heavy (non-hydrogen) atoms. The Labute approximate surface area is 133 Å². The molecule has 0 aliphatic heterocycles. The highest BCUT2D eigenvalue weighted by atomic mass is 19.4. The first-order valence-electron chi connectivity index (χ1n) is 7.12. The number of carbonyl (C=O) groups is 1. The van der Waals surface area contributed by atoms with Crippen LogP contribution < -0.4 is 15.4 Å². The van der Waals surface area contributed by atoms with Crippen LogP contribution in [0.5, 0.6) is 5.75 Å². The average Bonchev–Trinajstić information content (AvgIpc) is 2.49. The summed E-state index contributed by atoms with van der Waals surface area (Å²) in [4.78, 5) is 11.6. The third-order valence-corrected chi connectivity index (χ3v) is 2.86. The minimum Gasteiger partial charge on any atom is -0.491 e. The number of benzene rings is 1. The lowest BCUT2D eigenvalue weighted by Crippen LogP contribution is -2.42. The lowest BCUT2D eigenvalue weighted by Gasteiger charge is -2.18. The molecular formula is C15H21F3N2O3. The van der Waals surface area contributed by atoms with E-state index in [9.17, 15) is 18.0 Å². The molecule has 2 N–H and O–H groups in total. The Morgan fingerprint density at radius 3 is 2.65 bits per heavy atom. The van der Waals surface area contributed by atoms with Gasteiger partial charge < -0.3 is 20.1 Å². The predicted octanol–water partition coefficient (Wildman–Crippen LogP) is 1.82. The fourth-order valence-electron chi connectivity index (χ4n) is 1.79. The molecule has 1 unspecified atom stereocenters. The molecule has 1 aromatic carbocycles. The Hall–Kier alpha value is -1.80. The highest BCUT2D eigenvalue weighted by Crippen LogP contribution is 2.35. The zero-order chi connectivity index (χ0) is 17.3. The van der Waals surface area contributed by atoms with E-state index in [-0.39, 0.29) is 24.8 Å². The van der Waals surface area contributed by atoms with Gasteiger partial charge >= 0.3 is 6.18 Å². The quantitative estimate of drug-likeness (QED) is 0.677. The topological polar surface area (TPSA) is 59.6 Å². The van der Waals surface area contributed by atoms with Gasteiger partial charge in [0.1, 0.15) is 12.4 Å². The van der Waals surface area contributed by atoms with Gasteiger partial charge in [-0.05, 0) is 19.1 Å². The standard InChI is InChI=1S/C15H21F3N2O3/c1-11(20-14(21)9-19-7-8-22-2)10-23-13-6-4-3-5-12(13)15(16,17)18/h3-6,11,19H,7-10H2,1-2H3,(H,20,21). The monoisotopic (exact) mass is 334 g/mol. The SMILES string of the molecule is COCCNCC(=O)NC(C)COc1ccccc1C(F)(F)F. The van der Waals surface area contributed by atoms with Crippen molar-refractivity contribution in [3.63, 3.8) is 0 Å². The number of rotatable bonds is 9. The summed E-state index contributed by atoms with van der Waals surface area (Å²) in [5.74, 6) is -0.513. The van der Waals surface area contributed by atoms with E-state index in [1.807, 2.05) is 0 Å². The van der Waals surface area contributed by atoms with Gasteiger partial charge in [0.2, 0.25) is 5.91 Å². The number of hydrogen-bond acceptors (Lipinski definition) is 4. The Bertz CT molecular complexity index is 495. The number of ether oxygens (including phenoxy) is 2. The van der Waals surface area contributed by atoms with Crippen molar-refractivity contribution in [1.29, 1.82) is 0 Å². The summed E-state index contributed by atoms with van der Waals surface area (Å²) in [6.07, 6.45) is -4.48. The molecular weight excluding hydrogens is 313 g/mol. The maximum atomic E-state index is 12.8. The lowest BCUT2D eigenvalue weighted by atomic mass is 10.2. The summed E-state index contributed by atoms with van der Waals surface area (Å²) in [6.45, 7) is 2.72. The molecule has 0 aliphatic rings. The summed E-state index contributed by atoms with van der Waals surface area (Å²) in [7, 11) is 1.56. The number of halogens is 3. The van der Waals surface area contributed by atoms with Crippen molar-refractivity contribution in [2.75, 3.05) is 33.4 Å². The van der Waals surface area contributed by atoms with E-state index in [0.29, 0.717) is 13.2 Å². The van der Waals surface area contributed by atoms with Crippen molar-refractivity contribution in [2.45, 2.75) is 19.1 Å². The predicted molar refractivity (Wildman–Crippen MR) is 79.3 cm³/mol. The van der Waals surface area contributed by atoms with E-state index in [1.165, 1.54) is 18.2 Å². The molecule has 0 radical (unpaired) electrons. The second-order valence-electron chi connectivity index (χ2n) is 4.94. The Morgan fingerprint density at radius 1 is 1.30 bits per heavy atom. The van der Waals surface area contributed by atoms with Gasteiger partial charge in [0, 0.05) is 13.7 Å². The molecule has 0 aliphatic carbocycles. The largest absolute Gasteiger partial charge is 0.491 e. The van der Waals surface area contributed by atoms with Crippen LogP contribution in [0.25, 0.3) is 0 Å². The molecule has 8 heteroatoms. The van der Waals surface area contributed by atoms with Gasteiger partial charge in [-0.3, -0.25) is 4.79 Å². The second kappa shape index (κ2) is 9.36. The van der Waals surface area contributed by atoms with E-state index < -0.39 is 17.8 Å². The molecule has 1 aromatic rings. The van der Waals surface area contributed by atoms with E-state index in [4.69, 9.17) is 9.47 Å². The van der Waals surface area contributed by atoms with Crippen molar-refractivity contribution in [3.8, 4) is 5.75 Å². The van der Waals surface area contributed by atoms with Crippen LogP contribution in [0.1, 0.15) is 12.5 Å². The number of carbonyl (C=O) groups excluding carboxylic acids is 1. The number of hydrogen-bond donors (Lipinski definition) is 2. The number of alkyl halides is 3. The van der Waals surface area contributed by atoms with Crippen LogP contribution in [-0.2, 0) is 15.7 Å². The van der Waals surface area contributed by atoms with E-state index >= 15 is 0 Å². The maximum Gasteiger partial charge on any atom is 0.419 e. The Kier molecular flexibility index (Phi) is 7.84. The van der Waals surface area contributed by atoms with Crippen molar-refractivity contribution < 1.29 is 27.4 Å². The van der Waals surface area contributed by atoms with Crippen LogP contribution in [-0.4, -0.2) is 45.4 Å². The summed E-state index contributed by atoms with van der Waals surface area (Å²) >= 11 is 0. The van der Waals surface area contributed by atoms with Crippen molar-refractivity contribution in [2.24, 2.45) is 0 Å². The van der Waals surface area contributed by atoms with E-state index in [0.717, 1.165) is 6.07 Å². The van der Waals surface area contributed by atoms with Gasteiger partial charge in [-0.1, -0.05) is 12.1 Å². The second-order valence-corrected chi connectivity index (χ2v) is 4.94. The van der Waals surface area contributed by atoms with E-state index in [1.54, 1.807) is 14.0 Å². The molecule has 0 aromatic heterocycles. The van der Waals surface area contributed by atoms with Crippen molar-refractivity contribution >= 4 is 5.91 Å². The number of amides is 1. The molecule has 0 spiro atoms. The summed E-state index contributed by atoms with van der Waals surface area (Å²) in [6, 6.07) is 4.55. The zero-order valence-corrected chi connectivity index (χ0v) is 13.1. The number of methoxy groups -OCH3 is 1. The fourth-order valence-corrected chi connectivity index (χ4v) is 1.79. The van der Waals surface area contributed by atoms with E-state index in [2.05, 4.69) is 10.6 Å². The van der Waals surface area contributed by atoms with Gasteiger partial charge in [0.25, 0.3) is 0 Å². The minimum absolute atomic E-state index is 0.0586. The van der Waals surface area contributed by atoms with Crippen LogP contribution in [0.4, 0.5) is 13.2 Å². The molecule has 0 saturated carbocycles. The molecule has 1 atom stereocenters. The van der Waals surface area contributed by atoms with Gasteiger partial charge in [0.15, 0.2) is 0 Å². The Morgan fingerprint density at radius 2 is 2.00 bits per heavy atom. The molecule has 1 rings (SSSR count). The third kappa shape index (κ3) is 7.34. The smallest absolute Gasteiger partial charge is 0.419 e. The van der Waals surface area contributed by atoms with Crippen molar-refractivity contribution in [3.05, 3.63) is 29.8 Å². The van der Waals surface area contributed by atoms with Gasteiger partial charge in [0.05, 0.1) is 24.8 Å². The molecule has 1 amide bonds. The molecule has 5 nitrogen and oxygen atoms in total. The number of para-hydroxylation sites is 1.